The summed E-state index contributed by atoms with van der Waals surface area (Å²) in [5, 5.41) is 2.68. The molecule has 0 bridgehead atoms. The zero-order valence-electron chi connectivity index (χ0n) is 17.9. The normalized spacial score (nSPS) is 21.9. The van der Waals surface area contributed by atoms with E-state index in [9.17, 15) is 14.4 Å². The first-order valence-corrected chi connectivity index (χ1v) is 11.4. The van der Waals surface area contributed by atoms with Crippen molar-refractivity contribution in [2.75, 3.05) is 13.1 Å². The van der Waals surface area contributed by atoms with Gasteiger partial charge in [0.05, 0.1) is 5.69 Å². The molecule has 0 aliphatic carbocycles. The minimum atomic E-state index is -0.703. The number of amides is 3. The highest BCUT2D eigenvalue weighted by Gasteiger charge is 2.40. The monoisotopic (exact) mass is 471 g/mol. The largest absolute Gasteiger partial charge is 0.322 e. The number of halogens is 2. The predicted molar refractivity (Wildman–Crippen MR) is 117 cm³/mol. The van der Waals surface area contributed by atoms with Crippen molar-refractivity contribution in [2.24, 2.45) is 0 Å². The molecular formula is C23H23ClFN5O3. The van der Waals surface area contributed by atoms with Crippen molar-refractivity contribution >= 4 is 29.3 Å². The number of nitrogens with one attached hydrogen (secondary N) is 1. The summed E-state index contributed by atoms with van der Waals surface area (Å²) in [7, 11) is 0. The molecule has 0 saturated carbocycles. The minimum absolute atomic E-state index is 0.0450. The van der Waals surface area contributed by atoms with Crippen LogP contribution in [-0.4, -0.2) is 56.6 Å². The molecule has 0 spiro atoms. The molecule has 1 aromatic carbocycles. The maximum absolute atomic E-state index is 15.1. The van der Waals surface area contributed by atoms with Crippen LogP contribution in [0.3, 0.4) is 0 Å². The molecule has 3 aliphatic heterocycles. The standard InChI is InChI=1S/C23H23ClFN5O3/c24-21-18(26-5-6-27-21)12-29-7-3-13(4-8-29)15-9-14-11-30(23(33)16(14)10-17(15)25)19-1-2-20(31)28-22(19)32/h5-6,9-10,13,19H,1-4,7-8,11-12H2,(H,28,31,32). The van der Waals surface area contributed by atoms with E-state index in [4.69, 9.17) is 11.6 Å². The van der Waals surface area contributed by atoms with Gasteiger partial charge >= 0.3 is 0 Å². The Morgan fingerprint density at radius 3 is 2.58 bits per heavy atom. The molecular weight excluding hydrogens is 449 g/mol. The van der Waals surface area contributed by atoms with E-state index >= 15 is 4.39 Å². The molecule has 5 rings (SSSR count). The van der Waals surface area contributed by atoms with Gasteiger partial charge in [-0.2, -0.15) is 0 Å². The van der Waals surface area contributed by atoms with E-state index in [0.717, 1.165) is 37.2 Å². The van der Waals surface area contributed by atoms with Crippen LogP contribution in [0.25, 0.3) is 0 Å². The topological polar surface area (TPSA) is 95.5 Å². The number of carbonyl (C=O) groups excluding carboxylic acids is 3. The summed E-state index contributed by atoms with van der Waals surface area (Å²) >= 11 is 6.12. The molecule has 4 heterocycles. The molecule has 172 valence electrons. The average Bonchev–Trinajstić information content (AvgIpc) is 3.11. The Bertz CT molecular complexity index is 1140. The number of rotatable bonds is 4. The molecule has 2 saturated heterocycles. The molecule has 33 heavy (non-hydrogen) atoms. The number of benzene rings is 1. The third-order valence-electron chi connectivity index (χ3n) is 6.76. The maximum atomic E-state index is 15.1. The lowest BCUT2D eigenvalue weighted by Gasteiger charge is -2.32. The Morgan fingerprint density at radius 2 is 1.85 bits per heavy atom. The molecule has 1 aromatic heterocycles. The van der Waals surface area contributed by atoms with Crippen LogP contribution in [0, 0.1) is 5.82 Å². The predicted octanol–water partition coefficient (Wildman–Crippen LogP) is 2.41. The van der Waals surface area contributed by atoms with Crippen LogP contribution in [0.15, 0.2) is 24.5 Å². The highest BCUT2D eigenvalue weighted by Crippen LogP contribution is 2.35. The summed E-state index contributed by atoms with van der Waals surface area (Å²) in [5.74, 6) is -1.50. The molecule has 3 aliphatic rings. The number of carbonyl (C=O) groups is 3. The molecule has 1 N–H and O–H groups in total. The Labute approximate surface area is 195 Å². The number of imide groups is 1. The van der Waals surface area contributed by atoms with E-state index in [-0.39, 0.29) is 42.9 Å². The highest BCUT2D eigenvalue weighted by molar-refractivity contribution is 6.29. The van der Waals surface area contributed by atoms with Gasteiger partial charge in [0, 0.05) is 37.5 Å². The van der Waals surface area contributed by atoms with Crippen LogP contribution in [-0.2, 0) is 22.7 Å². The quantitative estimate of drug-likeness (QED) is 0.688. The fourth-order valence-corrected chi connectivity index (χ4v) is 5.16. The first kappa shape index (κ1) is 21.9. The average molecular weight is 472 g/mol. The Kier molecular flexibility index (Phi) is 5.84. The molecule has 1 unspecified atom stereocenters. The molecule has 3 amide bonds. The number of piperidine rings is 2. The molecule has 8 nitrogen and oxygen atoms in total. The fraction of sp³-hybridized carbons (Fsp3) is 0.435. The van der Waals surface area contributed by atoms with Gasteiger partial charge in [0.2, 0.25) is 11.8 Å². The van der Waals surface area contributed by atoms with Crippen molar-refractivity contribution in [3.05, 3.63) is 57.9 Å². The molecule has 10 heteroatoms. The van der Waals surface area contributed by atoms with Crippen molar-refractivity contribution in [3.63, 3.8) is 0 Å². The van der Waals surface area contributed by atoms with E-state index in [1.54, 1.807) is 18.5 Å². The van der Waals surface area contributed by atoms with E-state index in [0.29, 0.717) is 22.8 Å². The van der Waals surface area contributed by atoms with Gasteiger partial charge in [0.25, 0.3) is 5.91 Å². The van der Waals surface area contributed by atoms with Gasteiger partial charge in [-0.1, -0.05) is 17.7 Å². The smallest absolute Gasteiger partial charge is 0.255 e. The summed E-state index contributed by atoms with van der Waals surface area (Å²) in [6.45, 7) is 2.39. The molecule has 1 atom stereocenters. The molecule has 2 aromatic rings. The summed E-state index contributed by atoms with van der Waals surface area (Å²) in [6, 6.07) is 2.39. The number of hydrogen-bond acceptors (Lipinski definition) is 6. The fourth-order valence-electron chi connectivity index (χ4n) is 4.99. The Hall–Kier alpha value is -2.91. The van der Waals surface area contributed by atoms with Crippen LogP contribution in [0.5, 0.6) is 0 Å². The van der Waals surface area contributed by atoms with Crippen molar-refractivity contribution in [1.29, 1.82) is 0 Å². The number of hydrogen-bond donors (Lipinski definition) is 1. The van der Waals surface area contributed by atoms with Gasteiger partial charge < -0.3 is 4.90 Å². The minimum Gasteiger partial charge on any atom is -0.322 e. The maximum Gasteiger partial charge on any atom is 0.255 e. The van der Waals surface area contributed by atoms with Crippen LogP contribution in [0.1, 0.15) is 58.8 Å². The van der Waals surface area contributed by atoms with Crippen molar-refractivity contribution in [3.8, 4) is 0 Å². The van der Waals surface area contributed by atoms with Crippen molar-refractivity contribution in [2.45, 2.75) is 50.7 Å². The Balaban J connectivity index is 1.27. The second-order valence-electron chi connectivity index (χ2n) is 8.78. The van der Waals surface area contributed by atoms with E-state index < -0.39 is 11.9 Å². The van der Waals surface area contributed by atoms with Gasteiger partial charge in [-0.3, -0.25) is 29.6 Å². The lowest BCUT2D eigenvalue weighted by atomic mass is 9.87. The summed E-state index contributed by atoms with van der Waals surface area (Å²) in [4.78, 5) is 48.6. The number of likely N-dealkylation sites (tertiary alicyclic amines) is 1. The SMILES string of the molecule is O=C1CCC(N2Cc3cc(C4CCN(Cc5nccnc5Cl)CC4)c(F)cc3C2=O)C(=O)N1. The number of nitrogens with zero attached hydrogens (tertiary/aromatic N) is 4. The van der Waals surface area contributed by atoms with Gasteiger partial charge in [-0.15, -0.1) is 0 Å². The van der Waals surface area contributed by atoms with Gasteiger partial charge in [-0.25, -0.2) is 9.37 Å². The van der Waals surface area contributed by atoms with Gasteiger partial charge in [-0.05, 0) is 55.5 Å². The zero-order chi connectivity index (χ0) is 23.1. The van der Waals surface area contributed by atoms with Crippen LogP contribution in [0.2, 0.25) is 5.15 Å². The first-order chi connectivity index (χ1) is 15.9. The van der Waals surface area contributed by atoms with Gasteiger partial charge in [0.1, 0.15) is 11.9 Å². The Morgan fingerprint density at radius 1 is 1.09 bits per heavy atom. The van der Waals surface area contributed by atoms with Gasteiger partial charge in [0.15, 0.2) is 5.15 Å². The van der Waals surface area contributed by atoms with Crippen LogP contribution in [0.4, 0.5) is 4.39 Å². The summed E-state index contributed by atoms with van der Waals surface area (Å²) in [5.41, 5.74) is 2.38. The van der Waals surface area contributed by atoms with Crippen LogP contribution < -0.4 is 5.32 Å². The lowest BCUT2D eigenvalue weighted by Crippen LogP contribution is -2.52. The third-order valence-corrected chi connectivity index (χ3v) is 7.08. The van der Waals surface area contributed by atoms with Crippen molar-refractivity contribution in [1.82, 2.24) is 25.1 Å². The molecule has 2 fully saturated rings. The summed E-state index contributed by atoms with van der Waals surface area (Å²) < 4.78 is 15.1. The second-order valence-corrected chi connectivity index (χ2v) is 9.13. The van der Waals surface area contributed by atoms with Crippen LogP contribution >= 0.6 is 11.6 Å². The second kappa shape index (κ2) is 8.79. The first-order valence-electron chi connectivity index (χ1n) is 11.1. The zero-order valence-corrected chi connectivity index (χ0v) is 18.6. The van der Waals surface area contributed by atoms with E-state index in [2.05, 4.69) is 20.2 Å². The molecule has 0 radical (unpaired) electrons. The number of aromatic nitrogens is 2. The third kappa shape index (κ3) is 4.22. The van der Waals surface area contributed by atoms with Crippen molar-refractivity contribution < 1.29 is 18.8 Å². The van der Waals surface area contributed by atoms with E-state index in [1.807, 2.05) is 0 Å². The van der Waals surface area contributed by atoms with E-state index in [1.165, 1.54) is 11.0 Å². The highest BCUT2D eigenvalue weighted by atomic mass is 35.5. The number of fused-ring (bicyclic) bond motifs is 1. The lowest BCUT2D eigenvalue weighted by molar-refractivity contribution is -0.136. The summed E-state index contributed by atoms with van der Waals surface area (Å²) in [6.07, 6.45) is 5.20.